The van der Waals surface area contributed by atoms with Gasteiger partial charge in [-0.1, -0.05) is 19.3 Å². The third-order valence-corrected chi connectivity index (χ3v) is 4.84. The molecule has 1 aliphatic rings. The number of hydrogen-bond donors (Lipinski definition) is 3. The fourth-order valence-corrected chi connectivity index (χ4v) is 3.23. The molecule has 0 aromatic heterocycles. The molecule has 4 N–H and O–H groups in total. The molecule has 7 heteroatoms. The Kier molecular flexibility index (Phi) is 5.93. The summed E-state index contributed by atoms with van der Waals surface area (Å²) in [7, 11) is -3.70. The lowest BCUT2D eigenvalue weighted by Gasteiger charge is -2.21. The van der Waals surface area contributed by atoms with Crippen molar-refractivity contribution in [3.8, 4) is 0 Å². The Hall–Kier alpha value is -1.44. The lowest BCUT2D eigenvalue weighted by Crippen LogP contribution is -2.32. The highest BCUT2D eigenvalue weighted by Crippen LogP contribution is 2.22. The maximum Gasteiger partial charge on any atom is 0.238 e. The van der Waals surface area contributed by atoms with Crippen LogP contribution in [0.5, 0.6) is 0 Å². The zero-order valence-electron chi connectivity index (χ0n) is 12.5. The molecule has 0 unspecified atom stereocenters. The largest absolute Gasteiger partial charge is 0.325 e. The molecule has 122 valence electrons. The number of rotatable bonds is 6. The fraction of sp³-hybridized carbons (Fsp3) is 0.533. The van der Waals surface area contributed by atoms with E-state index < -0.39 is 10.0 Å². The minimum atomic E-state index is -3.70. The first kappa shape index (κ1) is 16.9. The molecule has 0 atom stereocenters. The van der Waals surface area contributed by atoms with E-state index in [1.54, 1.807) is 0 Å². The molecule has 1 fully saturated rings. The van der Waals surface area contributed by atoms with E-state index in [0.29, 0.717) is 11.6 Å². The van der Waals surface area contributed by atoms with Gasteiger partial charge in [-0.3, -0.25) is 4.79 Å². The van der Waals surface area contributed by atoms with Crippen LogP contribution in [0.4, 0.5) is 5.69 Å². The molecule has 0 bridgehead atoms. The van der Waals surface area contributed by atoms with E-state index in [2.05, 4.69) is 10.6 Å². The van der Waals surface area contributed by atoms with Gasteiger partial charge in [-0.25, -0.2) is 13.6 Å². The highest BCUT2D eigenvalue weighted by molar-refractivity contribution is 7.89. The average molecular weight is 325 g/mol. The first-order chi connectivity index (χ1) is 10.4. The first-order valence-electron chi connectivity index (χ1n) is 7.58. The number of amides is 1. The summed E-state index contributed by atoms with van der Waals surface area (Å²) in [4.78, 5) is 11.8. The van der Waals surface area contributed by atoms with Crippen molar-refractivity contribution in [3.63, 3.8) is 0 Å². The number of carbonyl (C=O) groups excluding carboxylic acids is 1. The molecule has 1 aromatic carbocycles. The van der Waals surface area contributed by atoms with Gasteiger partial charge >= 0.3 is 0 Å². The normalized spacial score (nSPS) is 16.4. The molecule has 1 saturated carbocycles. The topological polar surface area (TPSA) is 101 Å². The summed E-state index contributed by atoms with van der Waals surface area (Å²) in [5, 5.41) is 10.9. The molecule has 0 spiro atoms. The van der Waals surface area contributed by atoms with Crippen molar-refractivity contribution in [1.29, 1.82) is 0 Å². The van der Waals surface area contributed by atoms with E-state index in [9.17, 15) is 13.2 Å². The summed E-state index contributed by atoms with van der Waals surface area (Å²) in [6.07, 6.45) is 6.38. The Balaban J connectivity index is 1.74. The molecule has 22 heavy (non-hydrogen) atoms. The number of sulfonamides is 1. The summed E-state index contributed by atoms with van der Waals surface area (Å²) in [6, 6.07) is 5.80. The summed E-state index contributed by atoms with van der Waals surface area (Å²) in [5.41, 5.74) is 0.553. The molecule has 0 saturated heterocycles. The molecule has 2 rings (SSSR count). The molecular weight excluding hydrogens is 302 g/mol. The smallest absolute Gasteiger partial charge is 0.238 e. The van der Waals surface area contributed by atoms with Gasteiger partial charge in [0.15, 0.2) is 0 Å². The van der Waals surface area contributed by atoms with Gasteiger partial charge in [0.1, 0.15) is 0 Å². The summed E-state index contributed by atoms with van der Waals surface area (Å²) in [5.74, 6) is 0.537. The van der Waals surface area contributed by atoms with Gasteiger partial charge in [0.25, 0.3) is 0 Å². The van der Waals surface area contributed by atoms with Crippen molar-refractivity contribution in [2.24, 2.45) is 11.1 Å². The van der Waals surface area contributed by atoms with Gasteiger partial charge in [0.05, 0.1) is 11.4 Å². The number of carbonyl (C=O) groups is 1. The molecule has 0 heterocycles. The zero-order valence-corrected chi connectivity index (χ0v) is 13.4. The SMILES string of the molecule is NS(=O)(=O)c1ccc(NC(=O)CNCC2CCCCC2)cc1. The van der Waals surface area contributed by atoms with Crippen LogP contribution in [0.1, 0.15) is 32.1 Å². The van der Waals surface area contributed by atoms with Gasteiger partial charge in [-0.15, -0.1) is 0 Å². The van der Waals surface area contributed by atoms with Gasteiger partial charge < -0.3 is 10.6 Å². The second-order valence-corrected chi connectivity index (χ2v) is 7.31. The van der Waals surface area contributed by atoms with Crippen molar-refractivity contribution in [1.82, 2.24) is 5.32 Å². The van der Waals surface area contributed by atoms with Crippen LogP contribution in [-0.2, 0) is 14.8 Å². The standard InChI is InChI=1S/C15H23N3O3S/c16-22(20,21)14-8-6-13(7-9-14)18-15(19)11-17-10-12-4-2-1-3-5-12/h6-9,12,17H,1-5,10-11H2,(H,18,19)(H2,16,20,21). The maximum atomic E-state index is 11.8. The Morgan fingerprint density at radius 3 is 2.36 bits per heavy atom. The Morgan fingerprint density at radius 2 is 1.77 bits per heavy atom. The minimum absolute atomic E-state index is 0.0286. The molecule has 1 aromatic rings. The predicted molar refractivity (Wildman–Crippen MR) is 85.9 cm³/mol. The Bertz CT molecular complexity index is 593. The Labute approximate surface area is 131 Å². The van der Waals surface area contributed by atoms with Gasteiger partial charge in [0.2, 0.25) is 15.9 Å². The van der Waals surface area contributed by atoms with Crippen LogP contribution in [0.25, 0.3) is 0 Å². The lowest BCUT2D eigenvalue weighted by molar-refractivity contribution is -0.115. The summed E-state index contributed by atoms with van der Waals surface area (Å²) >= 11 is 0. The zero-order chi connectivity index (χ0) is 16.0. The number of anilines is 1. The highest BCUT2D eigenvalue weighted by atomic mass is 32.2. The molecule has 1 aliphatic carbocycles. The number of hydrogen-bond acceptors (Lipinski definition) is 4. The second kappa shape index (κ2) is 7.71. The number of benzene rings is 1. The molecule has 6 nitrogen and oxygen atoms in total. The number of nitrogens with two attached hydrogens (primary N) is 1. The predicted octanol–water partition coefficient (Wildman–Crippen LogP) is 1.44. The second-order valence-electron chi connectivity index (χ2n) is 5.75. The third kappa shape index (κ3) is 5.40. The number of primary sulfonamides is 1. The summed E-state index contributed by atoms with van der Waals surface area (Å²) < 4.78 is 22.3. The fourth-order valence-electron chi connectivity index (χ4n) is 2.71. The highest BCUT2D eigenvalue weighted by Gasteiger charge is 2.13. The van der Waals surface area contributed by atoms with E-state index >= 15 is 0 Å². The van der Waals surface area contributed by atoms with Crippen molar-refractivity contribution < 1.29 is 13.2 Å². The van der Waals surface area contributed by atoms with Crippen LogP contribution in [0.3, 0.4) is 0 Å². The van der Waals surface area contributed by atoms with Gasteiger partial charge in [0, 0.05) is 5.69 Å². The maximum absolute atomic E-state index is 11.8. The number of nitrogens with one attached hydrogen (secondary N) is 2. The van der Waals surface area contributed by atoms with Crippen molar-refractivity contribution >= 4 is 21.6 Å². The van der Waals surface area contributed by atoms with Crippen LogP contribution >= 0.6 is 0 Å². The summed E-state index contributed by atoms with van der Waals surface area (Å²) in [6.45, 7) is 1.13. The van der Waals surface area contributed by atoms with Gasteiger partial charge in [-0.05, 0) is 49.6 Å². The van der Waals surface area contributed by atoms with Gasteiger partial charge in [-0.2, -0.15) is 0 Å². The Morgan fingerprint density at radius 1 is 1.14 bits per heavy atom. The van der Waals surface area contributed by atoms with E-state index in [4.69, 9.17) is 5.14 Å². The van der Waals surface area contributed by atoms with Crippen molar-refractivity contribution in [2.75, 3.05) is 18.4 Å². The minimum Gasteiger partial charge on any atom is -0.325 e. The van der Waals surface area contributed by atoms with Crippen LogP contribution in [0, 0.1) is 5.92 Å². The van der Waals surface area contributed by atoms with E-state index in [0.717, 1.165) is 6.54 Å². The molecular formula is C15H23N3O3S. The monoisotopic (exact) mass is 325 g/mol. The van der Waals surface area contributed by atoms with Crippen molar-refractivity contribution in [3.05, 3.63) is 24.3 Å². The molecule has 0 radical (unpaired) electrons. The van der Waals surface area contributed by atoms with Crippen LogP contribution in [-0.4, -0.2) is 27.4 Å². The van der Waals surface area contributed by atoms with Crippen LogP contribution < -0.4 is 15.8 Å². The quantitative estimate of drug-likeness (QED) is 0.736. The first-order valence-corrected chi connectivity index (χ1v) is 9.13. The molecule has 0 aliphatic heterocycles. The van der Waals surface area contributed by atoms with E-state index in [-0.39, 0.29) is 17.3 Å². The van der Waals surface area contributed by atoms with E-state index in [1.807, 2.05) is 0 Å². The third-order valence-electron chi connectivity index (χ3n) is 3.91. The lowest BCUT2D eigenvalue weighted by atomic mass is 9.89. The van der Waals surface area contributed by atoms with Crippen LogP contribution in [0.2, 0.25) is 0 Å². The van der Waals surface area contributed by atoms with Crippen LogP contribution in [0.15, 0.2) is 29.2 Å². The molecule has 1 amide bonds. The average Bonchev–Trinajstić information content (AvgIpc) is 2.48. The van der Waals surface area contributed by atoms with E-state index in [1.165, 1.54) is 56.4 Å². The van der Waals surface area contributed by atoms with Crippen molar-refractivity contribution in [2.45, 2.75) is 37.0 Å².